The minimum atomic E-state index is -0.0307. The molecule has 0 spiro atoms. The molecule has 0 aliphatic heterocycles. The van der Waals surface area contributed by atoms with Gasteiger partial charge in [-0.1, -0.05) is 40.5 Å². The van der Waals surface area contributed by atoms with Crippen LogP contribution in [-0.2, 0) is 0 Å². The lowest BCUT2D eigenvalue weighted by Crippen LogP contribution is -2.14. The Morgan fingerprint density at radius 3 is 2.45 bits per heavy atom. The van der Waals surface area contributed by atoms with E-state index in [9.17, 15) is 0 Å². The van der Waals surface area contributed by atoms with Crippen LogP contribution in [0.1, 0.15) is 11.1 Å². The van der Waals surface area contributed by atoms with Crippen molar-refractivity contribution in [3.05, 3.63) is 57.6 Å². The fraction of sp³-hybridized carbons (Fsp3) is 0.0714. The summed E-state index contributed by atoms with van der Waals surface area (Å²) in [6, 6.07) is 10.2. The summed E-state index contributed by atoms with van der Waals surface area (Å²) in [6.07, 6.45) is 0. The van der Waals surface area contributed by atoms with E-state index < -0.39 is 0 Å². The first-order chi connectivity index (χ1) is 9.51. The van der Waals surface area contributed by atoms with Gasteiger partial charge in [0.15, 0.2) is 5.84 Å². The average molecular weight is 311 g/mol. The Morgan fingerprint density at radius 2 is 1.85 bits per heavy atom. The number of para-hydroxylation sites is 1. The van der Waals surface area contributed by atoms with E-state index in [-0.39, 0.29) is 5.84 Å². The van der Waals surface area contributed by atoms with Crippen LogP contribution in [0.25, 0.3) is 0 Å². The van der Waals surface area contributed by atoms with Crippen molar-refractivity contribution in [3.63, 3.8) is 0 Å². The summed E-state index contributed by atoms with van der Waals surface area (Å²) in [5, 5.41) is 12.8. The molecule has 0 aliphatic rings. The molecule has 0 radical (unpaired) electrons. The number of nitrogens with zero attached hydrogens (tertiary/aromatic N) is 1. The maximum atomic E-state index is 8.82. The average Bonchev–Trinajstić information content (AvgIpc) is 2.39. The molecule has 4 nitrogen and oxygen atoms in total. The highest BCUT2D eigenvalue weighted by Gasteiger charge is 2.12. The first-order valence-electron chi connectivity index (χ1n) is 5.72. The molecule has 0 fully saturated rings. The van der Waals surface area contributed by atoms with Crippen LogP contribution in [0.2, 0.25) is 10.0 Å². The van der Waals surface area contributed by atoms with Gasteiger partial charge in [-0.3, -0.25) is 0 Å². The van der Waals surface area contributed by atoms with Crippen LogP contribution in [0.5, 0.6) is 11.5 Å². The third-order valence-corrected chi connectivity index (χ3v) is 3.09. The Labute approximate surface area is 126 Å². The monoisotopic (exact) mass is 310 g/mol. The van der Waals surface area contributed by atoms with E-state index in [1.807, 2.05) is 13.0 Å². The zero-order valence-electron chi connectivity index (χ0n) is 10.6. The number of hydrogen-bond acceptors (Lipinski definition) is 3. The second-order valence-electron chi connectivity index (χ2n) is 4.14. The molecule has 0 bridgehead atoms. The fourth-order valence-electron chi connectivity index (χ4n) is 1.75. The van der Waals surface area contributed by atoms with Crippen molar-refractivity contribution in [1.82, 2.24) is 0 Å². The number of ether oxygens (including phenoxy) is 1. The van der Waals surface area contributed by atoms with Gasteiger partial charge in [0.1, 0.15) is 11.5 Å². The Balaban J connectivity index is 2.47. The van der Waals surface area contributed by atoms with Crippen molar-refractivity contribution in [2.45, 2.75) is 6.92 Å². The molecule has 2 rings (SSSR count). The second-order valence-corrected chi connectivity index (χ2v) is 5.02. The zero-order chi connectivity index (χ0) is 14.7. The number of hydrogen-bond donors (Lipinski definition) is 2. The van der Waals surface area contributed by atoms with Crippen molar-refractivity contribution in [2.75, 3.05) is 0 Å². The largest absolute Gasteiger partial charge is 0.456 e. The van der Waals surface area contributed by atoms with Crippen LogP contribution in [0, 0.1) is 6.92 Å². The first-order valence-corrected chi connectivity index (χ1v) is 6.48. The van der Waals surface area contributed by atoms with Gasteiger partial charge >= 0.3 is 0 Å². The van der Waals surface area contributed by atoms with Crippen LogP contribution in [-0.4, -0.2) is 11.0 Å². The molecule has 2 aromatic rings. The van der Waals surface area contributed by atoms with Crippen molar-refractivity contribution in [3.8, 4) is 11.5 Å². The topological polar surface area (TPSA) is 67.8 Å². The highest BCUT2D eigenvalue weighted by atomic mass is 35.5. The lowest BCUT2D eigenvalue weighted by Gasteiger charge is -2.13. The summed E-state index contributed by atoms with van der Waals surface area (Å²) < 4.78 is 5.78. The molecular formula is C14H12Cl2N2O2. The van der Waals surface area contributed by atoms with E-state index in [1.54, 1.807) is 30.3 Å². The summed E-state index contributed by atoms with van der Waals surface area (Å²) in [6.45, 7) is 1.86. The van der Waals surface area contributed by atoms with Gasteiger partial charge in [0.25, 0.3) is 0 Å². The summed E-state index contributed by atoms with van der Waals surface area (Å²) in [5.74, 6) is 0.932. The van der Waals surface area contributed by atoms with Gasteiger partial charge in [0.05, 0.1) is 5.56 Å². The third kappa shape index (κ3) is 3.15. The van der Waals surface area contributed by atoms with Crippen molar-refractivity contribution < 1.29 is 9.94 Å². The smallest absolute Gasteiger partial charge is 0.173 e. The van der Waals surface area contributed by atoms with Gasteiger partial charge in [0, 0.05) is 10.0 Å². The predicted molar refractivity (Wildman–Crippen MR) is 80.2 cm³/mol. The Kier molecular flexibility index (Phi) is 4.37. The van der Waals surface area contributed by atoms with Crippen LogP contribution in [0.4, 0.5) is 0 Å². The number of benzene rings is 2. The van der Waals surface area contributed by atoms with Crippen LogP contribution < -0.4 is 10.5 Å². The first kappa shape index (κ1) is 14.5. The highest BCUT2D eigenvalue weighted by molar-refractivity contribution is 6.34. The molecule has 3 N–H and O–H groups in total. The molecule has 0 heterocycles. The number of rotatable bonds is 3. The molecule has 0 aromatic heterocycles. The van der Waals surface area contributed by atoms with Crippen LogP contribution >= 0.6 is 23.2 Å². The number of oxime groups is 1. The Bertz CT molecular complexity index is 652. The number of aryl methyl sites for hydroxylation is 1. The normalized spacial score (nSPS) is 11.4. The standard InChI is InChI=1S/C14H12Cl2N2O2/c1-8-3-2-4-12(14(17)18-19)13(8)20-11-6-9(15)5-10(16)7-11/h2-7,19H,1H3,(H2,17,18). The molecule has 104 valence electrons. The molecule has 0 saturated carbocycles. The summed E-state index contributed by atoms with van der Waals surface area (Å²) in [4.78, 5) is 0. The second kappa shape index (κ2) is 6.03. The van der Waals surface area contributed by atoms with Crippen LogP contribution in [0.15, 0.2) is 41.6 Å². The fourth-order valence-corrected chi connectivity index (χ4v) is 2.25. The van der Waals surface area contributed by atoms with Crippen molar-refractivity contribution in [2.24, 2.45) is 10.9 Å². The number of halogens is 2. The molecule has 0 amide bonds. The quantitative estimate of drug-likeness (QED) is 0.386. The van der Waals surface area contributed by atoms with E-state index in [4.69, 9.17) is 38.9 Å². The van der Waals surface area contributed by atoms with Crippen molar-refractivity contribution in [1.29, 1.82) is 0 Å². The third-order valence-electron chi connectivity index (χ3n) is 2.65. The minimum absolute atomic E-state index is 0.0307. The molecule has 2 aromatic carbocycles. The van der Waals surface area contributed by atoms with E-state index in [1.165, 1.54) is 0 Å². The maximum Gasteiger partial charge on any atom is 0.173 e. The highest BCUT2D eigenvalue weighted by Crippen LogP contribution is 2.32. The molecule has 0 aliphatic carbocycles. The molecule has 0 saturated heterocycles. The van der Waals surface area contributed by atoms with Gasteiger partial charge in [-0.05, 0) is 36.8 Å². The molecule has 6 heteroatoms. The Morgan fingerprint density at radius 1 is 1.20 bits per heavy atom. The van der Waals surface area contributed by atoms with E-state index in [2.05, 4.69) is 5.16 Å². The molecule has 20 heavy (non-hydrogen) atoms. The van der Waals surface area contributed by atoms with E-state index in [0.29, 0.717) is 27.1 Å². The van der Waals surface area contributed by atoms with Crippen LogP contribution in [0.3, 0.4) is 0 Å². The van der Waals surface area contributed by atoms with Gasteiger partial charge in [0.2, 0.25) is 0 Å². The summed E-state index contributed by atoms with van der Waals surface area (Å²) >= 11 is 11.9. The Hall–Kier alpha value is -1.91. The minimum Gasteiger partial charge on any atom is -0.456 e. The predicted octanol–water partition coefficient (Wildman–Crippen LogP) is 4.19. The maximum absolute atomic E-state index is 8.82. The van der Waals surface area contributed by atoms with Gasteiger partial charge in [-0.15, -0.1) is 0 Å². The summed E-state index contributed by atoms with van der Waals surface area (Å²) in [5.41, 5.74) is 6.97. The summed E-state index contributed by atoms with van der Waals surface area (Å²) in [7, 11) is 0. The van der Waals surface area contributed by atoms with Gasteiger partial charge in [-0.2, -0.15) is 0 Å². The number of amidine groups is 1. The number of nitrogens with two attached hydrogens (primary N) is 1. The van der Waals surface area contributed by atoms with E-state index >= 15 is 0 Å². The van der Waals surface area contributed by atoms with Crippen molar-refractivity contribution >= 4 is 29.0 Å². The van der Waals surface area contributed by atoms with E-state index in [0.717, 1.165) is 5.56 Å². The zero-order valence-corrected chi connectivity index (χ0v) is 12.1. The molecular weight excluding hydrogens is 299 g/mol. The molecule has 0 atom stereocenters. The van der Waals surface area contributed by atoms with Gasteiger partial charge < -0.3 is 15.7 Å². The lowest BCUT2D eigenvalue weighted by molar-refractivity contribution is 0.318. The lowest BCUT2D eigenvalue weighted by atomic mass is 10.1. The van der Waals surface area contributed by atoms with Gasteiger partial charge in [-0.25, -0.2) is 0 Å². The molecule has 0 unspecified atom stereocenters. The SMILES string of the molecule is Cc1cccc(/C(N)=N/O)c1Oc1cc(Cl)cc(Cl)c1.